The quantitative estimate of drug-likeness (QED) is 0.735. The number of benzene rings is 1. The number of aryl methyl sites for hydroxylation is 2. The first-order chi connectivity index (χ1) is 9.15. The molecule has 1 aromatic carbocycles. The molecule has 19 heavy (non-hydrogen) atoms. The SMILES string of the molecule is Cc1noc(C)c1COn1nnc2ccc(Cl)cc21. The van der Waals surface area contributed by atoms with Gasteiger partial charge in [0.15, 0.2) is 0 Å². The summed E-state index contributed by atoms with van der Waals surface area (Å²) in [4.78, 5) is 6.96. The minimum Gasteiger partial charge on any atom is -0.390 e. The Hall–Kier alpha value is -2.08. The van der Waals surface area contributed by atoms with Crippen molar-refractivity contribution < 1.29 is 9.36 Å². The molecule has 0 N–H and O–H groups in total. The lowest BCUT2D eigenvalue weighted by atomic mass is 10.2. The lowest BCUT2D eigenvalue weighted by Crippen LogP contribution is -2.13. The molecule has 0 aliphatic heterocycles. The summed E-state index contributed by atoms with van der Waals surface area (Å²) in [5, 5.41) is 12.4. The van der Waals surface area contributed by atoms with Crippen molar-refractivity contribution in [2.24, 2.45) is 0 Å². The fourth-order valence-corrected chi connectivity index (χ4v) is 1.97. The van der Waals surface area contributed by atoms with E-state index < -0.39 is 0 Å². The van der Waals surface area contributed by atoms with Crippen LogP contribution in [0.3, 0.4) is 0 Å². The molecule has 0 aliphatic carbocycles. The first-order valence-electron chi connectivity index (χ1n) is 5.71. The van der Waals surface area contributed by atoms with Crippen LogP contribution >= 0.6 is 11.6 Å². The van der Waals surface area contributed by atoms with Crippen LogP contribution in [0.2, 0.25) is 5.02 Å². The second kappa shape index (κ2) is 4.55. The van der Waals surface area contributed by atoms with E-state index in [0.717, 1.165) is 28.1 Å². The summed E-state index contributed by atoms with van der Waals surface area (Å²) < 4.78 is 5.08. The van der Waals surface area contributed by atoms with Gasteiger partial charge in [-0.05, 0) is 37.3 Å². The Labute approximate surface area is 113 Å². The second-order valence-electron chi connectivity index (χ2n) is 4.17. The van der Waals surface area contributed by atoms with Gasteiger partial charge in [-0.3, -0.25) is 0 Å². The fraction of sp³-hybridized carbons (Fsp3) is 0.250. The van der Waals surface area contributed by atoms with Crippen LogP contribution in [0.4, 0.5) is 0 Å². The van der Waals surface area contributed by atoms with Gasteiger partial charge in [0.2, 0.25) is 0 Å². The summed E-state index contributed by atoms with van der Waals surface area (Å²) in [6.07, 6.45) is 0. The highest BCUT2D eigenvalue weighted by Crippen LogP contribution is 2.17. The summed E-state index contributed by atoms with van der Waals surface area (Å²) in [5.74, 6) is 0.736. The average Bonchev–Trinajstić information content (AvgIpc) is 2.92. The molecule has 0 unspecified atom stereocenters. The Morgan fingerprint density at radius 1 is 1.37 bits per heavy atom. The van der Waals surface area contributed by atoms with Crippen LogP contribution in [0.5, 0.6) is 0 Å². The Bertz CT molecular complexity index is 715. The average molecular weight is 279 g/mol. The van der Waals surface area contributed by atoms with Gasteiger partial charge in [0.05, 0.1) is 11.3 Å². The predicted molar refractivity (Wildman–Crippen MR) is 68.8 cm³/mol. The number of aromatic nitrogens is 4. The number of rotatable bonds is 3. The van der Waals surface area contributed by atoms with Crippen molar-refractivity contribution in [2.75, 3.05) is 0 Å². The first kappa shape index (κ1) is 12.0. The molecule has 2 aromatic heterocycles. The maximum absolute atomic E-state index is 5.95. The van der Waals surface area contributed by atoms with Crippen LogP contribution in [0.1, 0.15) is 17.0 Å². The van der Waals surface area contributed by atoms with Gasteiger partial charge in [0.25, 0.3) is 0 Å². The topological polar surface area (TPSA) is 66.0 Å². The maximum Gasteiger partial charge on any atom is 0.147 e. The van der Waals surface area contributed by atoms with Gasteiger partial charge in [0.1, 0.15) is 23.4 Å². The van der Waals surface area contributed by atoms with E-state index >= 15 is 0 Å². The lowest BCUT2D eigenvalue weighted by molar-refractivity contribution is 0.0742. The molecule has 0 spiro atoms. The van der Waals surface area contributed by atoms with Crippen molar-refractivity contribution in [3.05, 3.63) is 40.2 Å². The number of hydrogen-bond acceptors (Lipinski definition) is 5. The van der Waals surface area contributed by atoms with Crippen molar-refractivity contribution in [3.8, 4) is 0 Å². The standard InChI is InChI=1S/C12H11ClN4O2/c1-7-10(8(2)19-15-7)6-18-17-12-5-9(13)3-4-11(12)14-16-17/h3-5H,6H2,1-2H3. The Balaban J connectivity index is 1.88. The molecule has 0 radical (unpaired) electrons. The molecule has 0 saturated carbocycles. The van der Waals surface area contributed by atoms with Crippen molar-refractivity contribution in [3.63, 3.8) is 0 Å². The zero-order chi connectivity index (χ0) is 13.4. The van der Waals surface area contributed by atoms with Gasteiger partial charge in [-0.1, -0.05) is 21.6 Å². The molecule has 3 rings (SSSR count). The highest BCUT2D eigenvalue weighted by Gasteiger charge is 2.11. The summed E-state index contributed by atoms with van der Waals surface area (Å²) in [6, 6.07) is 5.31. The lowest BCUT2D eigenvalue weighted by Gasteiger charge is -2.04. The van der Waals surface area contributed by atoms with E-state index in [0.29, 0.717) is 11.6 Å². The Kier molecular flexibility index (Phi) is 2.87. The molecular formula is C12H11ClN4O2. The van der Waals surface area contributed by atoms with E-state index in [2.05, 4.69) is 15.5 Å². The Morgan fingerprint density at radius 2 is 2.21 bits per heavy atom. The molecule has 0 saturated heterocycles. The number of halogens is 1. The molecule has 0 amide bonds. The highest BCUT2D eigenvalue weighted by molar-refractivity contribution is 6.31. The molecule has 7 heteroatoms. The van der Waals surface area contributed by atoms with Crippen molar-refractivity contribution in [1.82, 2.24) is 20.3 Å². The third kappa shape index (κ3) is 2.15. The van der Waals surface area contributed by atoms with Crippen LogP contribution in [-0.4, -0.2) is 20.3 Å². The summed E-state index contributed by atoms with van der Waals surface area (Å²) in [6.45, 7) is 4.02. The number of nitrogens with zero attached hydrogens (tertiary/aromatic N) is 4. The van der Waals surface area contributed by atoms with Crippen molar-refractivity contribution >= 4 is 22.6 Å². The maximum atomic E-state index is 5.95. The van der Waals surface area contributed by atoms with Crippen LogP contribution in [-0.2, 0) is 6.61 Å². The zero-order valence-corrected chi connectivity index (χ0v) is 11.2. The minimum atomic E-state index is 0.312. The number of fused-ring (bicyclic) bond motifs is 1. The van der Waals surface area contributed by atoms with E-state index in [-0.39, 0.29) is 0 Å². The van der Waals surface area contributed by atoms with Gasteiger partial charge in [-0.2, -0.15) is 0 Å². The molecule has 0 bridgehead atoms. The first-order valence-corrected chi connectivity index (χ1v) is 6.09. The predicted octanol–water partition coefficient (Wildman–Crippen LogP) is 2.32. The van der Waals surface area contributed by atoms with E-state index in [1.165, 1.54) is 4.85 Å². The van der Waals surface area contributed by atoms with Crippen molar-refractivity contribution in [2.45, 2.75) is 20.5 Å². The summed E-state index contributed by atoms with van der Waals surface area (Å²) >= 11 is 5.95. The van der Waals surface area contributed by atoms with Gasteiger partial charge >= 0.3 is 0 Å². The minimum absolute atomic E-state index is 0.312. The molecule has 6 nitrogen and oxygen atoms in total. The molecule has 0 aliphatic rings. The summed E-state index contributed by atoms with van der Waals surface area (Å²) in [7, 11) is 0. The molecule has 3 aromatic rings. The number of hydrogen-bond donors (Lipinski definition) is 0. The molecular weight excluding hydrogens is 268 g/mol. The van der Waals surface area contributed by atoms with Gasteiger partial charge in [-0.15, -0.1) is 5.10 Å². The monoisotopic (exact) mass is 278 g/mol. The Morgan fingerprint density at radius 3 is 2.95 bits per heavy atom. The summed E-state index contributed by atoms with van der Waals surface area (Å²) in [5.41, 5.74) is 3.16. The van der Waals surface area contributed by atoms with E-state index in [9.17, 15) is 0 Å². The molecule has 0 atom stereocenters. The largest absolute Gasteiger partial charge is 0.390 e. The third-order valence-corrected chi connectivity index (χ3v) is 3.12. The molecule has 2 heterocycles. The van der Waals surface area contributed by atoms with Gasteiger partial charge in [0, 0.05) is 5.02 Å². The van der Waals surface area contributed by atoms with Crippen LogP contribution in [0.15, 0.2) is 22.7 Å². The van der Waals surface area contributed by atoms with Gasteiger partial charge in [-0.25, -0.2) is 0 Å². The fourth-order valence-electron chi connectivity index (χ4n) is 1.80. The van der Waals surface area contributed by atoms with Crippen LogP contribution in [0.25, 0.3) is 11.0 Å². The smallest absolute Gasteiger partial charge is 0.147 e. The van der Waals surface area contributed by atoms with Gasteiger partial charge < -0.3 is 9.36 Å². The third-order valence-electron chi connectivity index (χ3n) is 2.89. The highest BCUT2D eigenvalue weighted by atomic mass is 35.5. The van der Waals surface area contributed by atoms with E-state index in [1.807, 2.05) is 13.8 Å². The zero-order valence-electron chi connectivity index (χ0n) is 10.4. The molecule has 98 valence electrons. The van der Waals surface area contributed by atoms with E-state index in [4.69, 9.17) is 21.0 Å². The second-order valence-corrected chi connectivity index (χ2v) is 4.61. The van der Waals surface area contributed by atoms with Crippen LogP contribution < -0.4 is 4.84 Å². The van der Waals surface area contributed by atoms with Crippen molar-refractivity contribution in [1.29, 1.82) is 0 Å². The van der Waals surface area contributed by atoms with E-state index in [1.54, 1.807) is 18.2 Å². The normalized spacial score (nSPS) is 11.1. The molecule has 0 fully saturated rings. The van der Waals surface area contributed by atoms with Crippen LogP contribution in [0, 0.1) is 13.8 Å².